The second-order valence-corrected chi connectivity index (χ2v) is 5.74. The van der Waals surface area contributed by atoms with Gasteiger partial charge in [0.25, 0.3) is 0 Å². The predicted molar refractivity (Wildman–Crippen MR) is 66.4 cm³/mol. The van der Waals surface area contributed by atoms with Gasteiger partial charge in [-0.25, -0.2) is 0 Å². The minimum atomic E-state index is 0.121. The van der Waals surface area contributed by atoms with Gasteiger partial charge in [0.05, 0.1) is 6.61 Å². The first kappa shape index (κ1) is 12.8. The van der Waals surface area contributed by atoms with Crippen molar-refractivity contribution in [2.75, 3.05) is 19.8 Å². The van der Waals surface area contributed by atoms with Crippen molar-refractivity contribution >= 4 is 5.91 Å². The lowest BCUT2D eigenvalue weighted by Gasteiger charge is -2.30. The maximum absolute atomic E-state index is 12.0. The summed E-state index contributed by atoms with van der Waals surface area (Å²) in [5.74, 6) is 1.40. The van der Waals surface area contributed by atoms with E-state index in [-0.39, 0.29) is 17.9 Å². The third kappa shape index (κ3) is 3.68. The van der Waals surface area contributed by atoms with Crippen molar-refractivity contribution in [1.82, 2.24) is 5.32 Å². The summed E-state index contributed by atoms with van der Waals surface area (Å²) in [4.78, 5) is 12.0. The summed E-state index contributed by atoms with van der Waals surface area (Å²) in [6, 6.07) is 0.198. The van der Waals surface area contributed by atoms with Crippen LogP contribution in [0.2, 0.25) is 0 Å². The molecule has 1 heterocycles. The molecule has 1 aliphatic carbocycles. The predicted octanol–water partition coefficient (Wildman–Crippen LogP) is 0.903. The highest BCUT2D eigenvalue weighted by Gasteiger charge is 2.29. The van der Waals surface area contributed by atoms with Gasteiger partial charge in [0, 0.05) is 31.0 Å². The first-order valence-corrected chi connectivity index (χ1v) is 6.76. The van der Waals surface area contributed by atoms with Gasteiger partial charge >= 0.3 is 0 Å². The van der Waals surface area contributed by atoms with E-state index in [4.69, 9.17) is 10.5 Å². The molecule has 98 valence electrons. The molecule has 3 N–H and O–H groups in total. The molecule has 4 unspecified atom stereocenters. The van der Waals surface area contributed by atoms with Crippen LogP contribution in [0.25, 0.3) is 0 Å². The van der Waals surface area contributed by atoms with Crippen LogP contribution < -0.4 is 11.1 Å². The monoisotopic (exact) mass is 240 g/mol. The largest absolute Gasteiger partial charge is 0.381 e. The van der Waals surface area contributed by atoms with Crippen LogP contribution in [0.15, 0.2) is 0 Å². The lowest BCUT2D eigenvalue weighted by molar-refractivity contribution is -0.126. The summed E-state index contributed by atoms with van der Waals surface area (Å²) in [5, 5.41) is 3.06. The molecule has 0 radical (unpaired) electrons. The average molecular weight is 240 g/mol. The van der Waals surface area contributed by atoms with Crippen LogP contribution in [0.5, 0.6) is 0 Å². The van der Waals surface area contributed by atoms with E-state index in [0.29, 0.717) is 11.8 Å². The smallest absolute Gasteiger partial charge is 0.223 e. The Hall–Kier alpha value is -0.610. The van der Waals surface area contributed by atoms with Crippen molar-refractivity contribution in [2.24, 2.45) is 23.5 Å². The molecule has 0 aromatic carbocycles. The fourth-order valence-corrected chi connectivity index (χ4v) is 3.00. The highest BCUT2D eigenvalue weighted by molar-refractivity contribution is 5.78. The number of hydrogen-bond acceptors (Lipinski definition) is 3. The van der Waals surface area contributed by atoms with Crippen molar-refractivity contribution in [3.8, 4) is 0 Å². The number of carbonyl (C=O) groups excluding carboxylic acids is 1. The minimum absolute atomic E-state index is 0.121. The van der Waals surface area contributed by atoms with E-state index in [9.17, 15) is 4.79 Å². The number of ether oxygens (including phenoxy) is 1. The summed E-state index contributed by atoms with van der Waals surface area (Å²) >= 11 is 0. The van der Waals surface area contributed by atoms with Crippen molar-refractivity contribution in [3.63, 3.8) is 0 Å². The zero-order chi connectivity index (χ0) is 12.3. The first-order valence-electron chi connectivity index (χ1n) is 6.76. The van der Waals surface area contributed by atoms with Crippen LogP contribution in [-0.4, -0.2) is 31.7 Å². The Morgan fingerprint density at radius 2 is 2.24 bits per heavy atom. The number of amides is 1. The molecular weight excluding hydrogens is 216 g/mol. The molecule has 0 spiro atoms. The van der Waals surface area contributed by atoms with Crippen LogP contribution in [0.3, 0.4) is 0 Å². The van der Waals surface area contributed by atoms with E-state index in [0.717, 1.165) is 45.4 Å². The Bertz CT molecular complexity index is 254. The summed E-state index contributed by atoms with van der Waals surface area (Å²) in [5.41, 5.74) is 5.97. The van der Waals surface area contributed by atoms with Gasteiger partial charge in [0.2, 0.25) is 5.91 Å². The molecule has 4 heteroatoms. The quantitative estimate of drug-likeness (QED) is 0.770. The summed E-state index contributed by atoms with van der Waals surface area (Å²) < 4.78 is 5.30. The molecule has 4 nitrogen and oxygen atoms in total. The van der Waals surface area contributed by atoms with Gasteiger partial charge in [-0.05, 0) is 31.6 Å². The lowest BCUT2D eigenvalue weighted by Crippen LogP contribution is -2.41. The zero-order valence-corrected chi connectivity index (χ0v) is 10.7. The van der Waals surface area contributed by atoms with Gasteiger partial charge in [0.15, 0.2) is 0 Å². The van der Waals surface area contributed by atoms with Crippen LogP contribution in [0.4, 0.5) is 0 Å². The molecule has 2 aliphatic rings. The number of nitrogens with one attached hydrogen (secondary N) is 1. The van der Waals surface area contributed by atoms with Gasteiger partial charge in [-0.3, -0.25) is 4.79 Å². The maximum Gasteiger partial charge on any atom is 0.223 e. The summed E-state index contributed by atoms with van der Waals surface area (Å²) in [6.45, 7) is 4.58. The molecule has 17 heavy (non-hydrogen) atoms. The fraction of sp³-hybridized carbons (Fsp3) is 0.923. The minimum Gasteiger partial charge on any atom is -0.381 e. The molecule has 2 fully saturated rings. The van der Waals surface area contributed by atoms with Gasteiger partial charge in [0.1, 0.15) is 0 Å². The number of nitrogens with two attached hydrogens (primary N) is 1. The molecule has 1 amide bonds. The van der Waals surface area contributed by atoms with Crippen LogP contribution in [-0.2, 0) is 9.53 Å². The van der Waals surface area contributed by atoms with Crippen molar-refractivity contribution in [1.29, 1.82) is 0 Å². The Labute approximate surface area is 103 Å². The normalized spacial score (nSPS) is 38.0. The van der Waals surface area contributed by atoms with Gasteiger partial charge in [-0.1, -0.05) is 6.92 Å². The fourth-order valence-electron chi connectivity index (χ4n) is 3.00. The van der Waals surface area contributed by atoms with E-state index in [1.807, 2.05) is 0 Å². The molecule has 0 bridgehead atoms. The van der Waals surface area contributed by atoms with Crippen molar-refractivity contribution < 1.29 is 9.53 Å². The molecule has 2 rings (SSSR count). The molecule has 0 aromatic heterocycles. The Balaban J connectivity index is 1.74. The Morgan fingerprint density at radius 3 is 2.88 bits per heavy atom. The molecule has 4 atom stereocenters. The van der Waals surface area contributed by atoms with Crippen molar-refractivity contribution in [2.45, 2.75) is 38.6 Å². The Morgan fingerprint density at radius 1 is 1.41 bits per heavy atom. The third-order valence-electron chi connectivity index (χ3n) is 3.94. The van der Waals surface area contributed by atoms with Gasteiger partial charge in [-0.15, -0.1) is 0 Å². The Kier molecular flexibility index (Phi) is 4.40. The van der Waals surface area contributed by atoms with Crippen LogP contribution in [0.1, 0.15) is 32.6 Å². The average Bonchev–Trinajstić information content (AvgIpc) is 2.77. The SMILES string of the molecule is CC1CC(N)CC(C(=O)NCC2CCOC2)C1. The summed E-state index contributed by atoms with van der Waals surface area (Å²) in [7, 11) is 0. The van der Waals surface area contributed by atoms with E-state index in [1.54, 1.807) is 0 Å². The van der Waals surface area contributed by atoms with E-state index < -0.39 is 0 Å². The molecule has 0 aromatic rings. The molecule has 1 saturated carbocycles. The molecule has 1 saturated heterocycles. The third-order valence-corrected chi connectivity index (χ3v) is 3.94. The van der Waals surface area contributed by atoms with E-state index in [2.05, 4.69) is 12.2 Å². The van der Waals surface area contributed by atoms with Crippen LogP contribution in [0, 0.1) is 17.8 Å². The number of carbonyl (C=O) groups is 1. The summed E-state index contributed by atoms with van der Waals surface area (Å²) in [6.07, 6.45) is 3.96. The standard InChI is InChI=1S/C13H24N2O2/c1-9-4-11(6-12(14)5-9)13(16)15-7-10-2-3-17-8-10/h9-12H,2-8,14H2,1H3,(H,15,16). The molecular formula is C13H24N2O2. The molecule has 1 aliphatic heterocycles. The van der Waals surface area contributed by atoms with Crippen LogP contribution >= 0.6 is 0 Å². The topological polar surface area (TPSA) is 64.4 Å². The maximum atomic E-state index is 12.0. The number of hydrogen-bond donors (Lipinski definition) is 2. The number of rotatable bonds is 3. The second kappa shape index (κ2) is 5.83. The highest BCUT2D eigenvalue weighted by atomic mass is 16.5. The second-order valence-electron chi connectivity index (χ2n) is 5.74. The highest BCUT2D eigenvalue weighted by Crippen LogP contribution is 2.28. The van der Waals surface area contributed by atoms with E-state index >= 15 is 0 Å². The van der Waals surface area contributed by atoms with Gasteiger partial charge < -0.3 is 15.8 Å². The van der Waals surface area contributed by atoms with Crippen molar-refractivity contribution in [3.05, 3.63) is 0 Å². The van der Waals surface area contributed by atoms with Gasteiger partial charge in [-0.2, -0.15) is 0 Å². The zero-order valence-electron chi connectivity index (χ0n) is 10.7. The lowest BCUT2D eigenvalue weighted by atomic mass is 9.79. The first-order chi connectivity index (χ1) is 8.15. The van der Waals surface area contributed by atoms with E-state index in [1.165, 1.54) is 0 Å².